The maximum absolute atomic E-state index is 13.6. The summed E-state index contributed by atoms with van der Waals surface area (Å²) in [4.78, 5) is 40.8. The second-order valence-electron chi connectivity index (χ2n) is 9.28. The molecule has 0 aliphatic heterocycles. The average molecular weight is 504 g/mol. The molecular formula is C26H34ClN3O5. The van der Waals surface area contributed by atoms with Crippen molar-refractivity contribution < 1.29 is 24.2 Å². The molecule has 3 amide bonds. The van der Waals surface area contributed by atoms with Crippen LogP contribution in [0.4, 0.5) is 10.5 Å². The van der Waals surface area contributed by atoms with Crippen LogP contribution in [0.1, 0.15) is 58.2 Å². The van der Waals surface area contributed by atoms with Gasteiger partial charge in [-0.3, -0.25) is 9.59 Å². The van der Waals surface area contributed by atoms with Gasteiger partial charge in [-0.25, -0.2) is 4.79 Å². The Morgan fingerprint density at radius 3 is 2.34 bits per heavy atom. The minimum absolute atomic E-state index is 0.134. The molecule has 2 aromatic carbocycles. The second kappa shape index (κ2) is 11.9. The van der Waals surface area contributed by atoms with Gasteiger partial charge in [-0.1, -0.05) is 48.9 Å². The third-order valence-electron chi connectivity index (χ3n) is 5.11. The standard InChI is InChI=1S/C26H34ClN3O5/c1-7-15-30(24(33)17(3)28-25(34)35-26(4,5)6)22(18-12-8-9-14-20(18)31)23(32)29-21-16(2)11-10-13-19(21)27/h8-14,17,22,31H,7,15H2,1-6H3,(H,28,34)(H,29,32). The molecule has 0 spiro atoms. The number of hydrogen-bond acceptors (Lipinski definition) is 5. The van der Waals surface area contributed by atoms with Crippen molar-refractivity contribution in [1.82, 2.24) is 10.2 Å². The zero-order valence-electron chi connectivity index (χ0n) is 21.0. The number of hydrogen-bond donors (Lipinski definition) is 3. The molecular weight excluding hydrogens is 470 g/mol. The highest BCUT2D eigenvalue weighted by atomic mass is 35.5. The smallest absolute Gasteiger partial charge is 0.408 e. The van der Waals surface area contributed by atoms with Crippen molar-refractivity contribution in [1.29, 1.82) is 0 Å². The van der Waals surface area contributed by atoms with E-state index in [-0.39, 0.29) is 17.9 Å². The highest BCUT2D eigenvalue weighted by Gasteiger charge is 2.36. The molecule has 0 radical (unpaired) electrons. The van der Waals surface area contributed by atoms with Gasteiger partial charge in [0.2, 0.25) is 5.91 Å². The summed E-state index contributed by atoms with van der Waals surface area (Å²) in [6.45, 7) is 10.6. The van der Waals surface area contributed by atoms with Crippen molar-refractivity contribution in [3.05, 3.63) is 58.6 Å². The lowest BCUT2D eigenvalue weighted by atomic mass is 10.0. The summed E-state index contributed by atoms with van der Waals surface area (Å²) < 4.78 is 5.26. The number of benzene rings is 2. The normalized spacial score (nSPS) is 12.9. The number of nitrogens with zero attached hydrogens (tertiary/aromatic N) is 1. The van der Waals surface area contributed by atoms with Gasteiger partial charge in [-0.15, -0.1) is 0 Å². The zero-order valence-corrected chi connectivity index (χ0v) is 21.8. The maximum atomic E-state index is 13.6. The fourth-order valence-corrected chi connectivity index (χ4v) is 3.82. The minimum atomic E-state index is -1.18. The summed E-state index contributed by atoms with van der Waals surface area (Å²) in [6.07, 6.45) is -0.210. The minimum Gasteiger partial charge on any atom is -0.508 e. The number of rotatable bonds is 8. The monoisotopic (exact) mass is 503 g/mol. The number of phenols is 1. The predicted molar refractivity (Wildman–Crippen MR) is 137 cm³/mol. The van der Waals surface area contributed by atoms with Gasteiger partial charge in [-0.2, -0.15) is 0 Å². The summed E-state index contributed by atoms with van der Waals surface area (Å²) >= 11 is 6.31. The van der Waals surface area contributed by atoms with Gasteiger partial charge in [-0.05, 0) is 58.7 Å². The van der Waals surface area contributed by atoms with E-state index >= 15 is 0 Å². The van der Waals surface area contributed by atoms with Crippen LogP contribution >= 0.6 is 11.6 Å². The number of phenolic OH excluding ortho intramolecular Hbond substituents is 1. The lowest BCUT2D eigenvalue weighted by Crippen LogP contribution is -2.51. The molecule has 2 rings (SSSR count). The number of aromatic hydroxyl groups is 1. The van der Waals surface area contributed by atoms with Crippen LogP contribution < -0.4 is 10.6 Å². The van der Waals surface area contributed by atoms with Crippen molar-refractivity contribution in [2.45, 2.75) is 65.6 Å². The van der Waals surface area contributed by atoms with Crippen molar-refractivity contribution in [3.63, 3.8) is 0 Å². The summed E-state index contributed by atoms with van der Waals surface area (Å²) in [7, 11) is 0. The van der Waals surface area contributed by atoms with Gasteiger partial charge in [0.25, 0.3) is 5.91 Å². The predicted octanol–water partition coefficient (Wildman–Crippen LogP) is 5.19. The lowest BCUT2D eigenvalue weighted by Gasteiger charge is -2.33. The van der Waals surface area contributed by atoms with Gasteiger partial charge in [0.1, 0.15) is 23.4 Å². The zero-order chi connectivity index (χ0) is 26.3. The van der Waals surface area contributed by atoms with Crippen LogP contribution in [0, 0.1) is 6.92 Å². The largest absolute Gasteiger partial charge is 0.508 e. The third kappa shape index (κ3) is 7.62. The topological polar surface area (TPSA) is 108 Å². The number of ether oxygens (including phenoxy) is 1. The first kappa shape index (κ1) is 28.0. The number of para-hydroxylation sites is 2. The molecule has 9 heteroatoms. The van der Waals surface area contributed by atoms with Gasteiger partial charge in [0.05, 0.1) is 10.7 Å². The highest BCUT2D eigenvalue weighted by molar-refractivity contribution is 6.34. The van der Waals surface area contributed by atoms with Crippen molar-refractivity contribution in [3.8, 4) is 5.75 Å². The van der Waals surface area contributed by atoms with E-state index in [0.717, 1.165) is 5.56 Å². The molecule has 3 N–H and O–H groups in total. The Bertz CT molecular complexity index is 1050. The number of nitrogens with one attached hydrogen (secondary N) is 2. The number of aryl methyl sites for hydroxylation is 1. The summed E-state index contributed by atoms with van der Waals surface area (Å²) in [6, 6.07) is 9.40. The molecule has 0 aliphatic carbocycles. The lowest BCUT2D eigenvalue weighted by molar-refractivity contribution is -0.140. The van der Waals surface area contributed by atoms with E-state index in [1.807, 2.05) is 6.92 Å². The van der Waals surface area contributed by atoms with E-state index in [1.54, 1.807) is 64.1 Å². The van der Waals surface area contributed by atoms with Gasteiger partial charge >= 0.3 is 6.09 Å². The molecule has 0 saturated carbocycles. The molecule has 2 atom stereocenters. The van der Waals surface area contributed by atoms with E-state index in [9.17, 15) is 19.5 Å². The van der Waals surface area contributed by atoms with Crippen LogP contribution in [-0.2, 0) is 14.3 Å². The molecule has 190 valence electrons. The second-order valence-corrected chi connectivity index (χ2v) is 9.69. The summed E-state index contributed by atoms with van der Waals surface area (Å²) in [5.41, 5.74) is 0.681. The van der Waals surface area contributed by atoms with Crippen LogP contribution in [0.15, 0.2) is 42.5 Å². The fourth-order valence-electron chi connectivity index (χ4n) is 3.55. The number of halogens is 1. The van der Waals surface area contributed by atoms with Gasteiger partial charge in [0, 0.05) is 12.1 Å². The molecule has 0 bridgehead atoms. The fraction of sp³-hybridized carbons (Fsp3) is 0.423. The number of alkyl carbamates (subject to hydrolysis) is 1. The first-order valence-corrected chi connectivity index (χ1v) is 11.9. The first-order valence-electron chi connectivity index (χ1n) is 11.5. The van der Waals surface area contributed by atoms with E-state index < -0.39 is 35.6 Å². The molecule has 0 fully saturated rings. The maximum Gasteiger partial charge on any atom is 0.408 e. The van der Waals surface area contributed by atoms with Crippen LogP contribution in [0.25, 0.3) is 0 Å². The van der Waals surface area contributed by atoms with Crippen molar-refractivity contribution in [2.75, 3.05) is 11.9 Å². The molecule has 2 aromatic rings. The van der Waals surface area contributed by atoms with E-state index in [2.05, 4.69) is 10.6 Å². The van der Waals surface area contributed by atoms with Gasteiger partial charge in [0.15, 0.2) is 0 Å². The van der Waals surface area contributed by atoms with E-state index in [4.69, 9.17) is 16.3 Å². The van der Waals surface area contributed by atoms with Gasteiger partial charge < -0.3 is 25.4 Å². The first-order chi connectivity index (χ1) is 16.4. The van der Waals surface area contributed by atoms with Crippen LogP contribution in [0.3, 0.4) is 0 Å². The summed E-state index contributed by atoms with van der Waals surface area (Å²) in [5, 5.41) is 16.3. The Morgan fingerprint density at radius 1 is 1.11 bits per heavy atom. The molecule has 0 heterocycles. The van der Waals surface area contributed by atoms with E-state index in [0.29, 0.717) is 17.1 Å². The Kier molecular flexibility index (Phi) is 9.54. The molecule has 8 nitrogen and oxygen atoms in total. The number of carbonyl (C=O) groups is 3. The quantitative estimate of drug-likeness (QED) is 0.459. The number of anilines is 1. The molecule has 0 aliphatic rings. The third-order valence-corrected chi connectivity index (χ3v) is 5.43. The number of amides is 3. The van der Waals surface area contributed by atoms with Crippen molar-refractivity contribution in [2.24, 2.45) is 0 Å². The van der Waals surface area contributed by atoms with Crippen LogP contribution in [0.5, 0.6) is 5.75 Å². The van der Waals surface area contributed by atoms with Crippen molar-refractivity contribution >= 4 is 35.2 Å². The molecule has 0 saturated heterocycles. The van der Waals surface area contributed by atoms with E-state index in [1.165, 1.54) is 17.9 Å². The molecule has 35 heavy (non-hydrogen) atoms. The Labute approximate surface area is 211 Å². The number of carbonyl (C=O) groups excluding carboxylic acids is 3. The Hall–Kier alpha value is -3.26. The SMILES string of the molecule is CCCN(C(=O)C(C)NC(=O)OC(C)(C)C)C(C(=O)Nc1c(C)cccc1Cl)c1ccccc1O. The molecule has 0 aromatic heterocycles. The summed E-state index contributed by atoms with van der Waals surface area (Å²) in [5.74, 6) is -1.18. The van der Waals surface area contributed by atoms with Crippen LogP contribution in [0.2, 0.25) is 5.02 Å². The Morgan fingerprint density at radius 2 is 1.77 bits per heavy atom. The molecule has 2 unspecified atom stereocenters. The van der Waals surface area contributed by atoms with Crippen LogP contribution in [-0.4, -0.2) is 46.1 Å². The average Bonchev–Trinajstić information content (AvgIpc) is 2.75. The highest BCUT2D eigenvalue weighted by Crippen LogP contribution is 2.32. The Balaban J connectivity index is 2.45.